The quantitative estimate of drug-likeness (QED) is 0.707. The molecule has 7 heteroatoms. The minimum Gasteiger partial charge on any atom is -0.453 e. The SMILES string of the molecule is CC(C)(C)C(=O)OC1(Cc2cnccc2Cl)C=CC=CC1C(F)(F)F. The van der Waals surface area contributed by atoms with Gasteiger partial charge in [0.15, 0.2) is 0 Å². The molecule has 0 spiro atoms. The summed E-state index contributed by atoms with van der Waals surface area (Å²) in [6.07, 6.45) is 3.03. The highest BCUT2D eigenvalue weighted by atomic mass is 35.5. The average molecular weight is 374 g/mol. The Morgan fingerprint density at radius 2 is 2.00 bits per heavy atom. The van der Waals surface area contributed by atoms with Crippen LogP contribution in [0.2, 0.25) is 5.02 Å². The number of alkyl halides is 3. The molecule has 0 amide bonds. The highest BCUT2D eigenvalue weighted by Gasteiger charge is 2.55. The molecule has 0 saturated heterocycles. The number of carbonyl (C=O) groups is 1. The van der Waals surface area contributed by atoms with Crippen LogP contribution in [0.3, 0.4) is 0 Å². The number of rotatable bonds is 3. The third-order valence-corrected chi connectivity index (χ3v) is 4.25. The Balaban J connectivity index is 2.51. The maximum atomic E-state index is 13.7. The number of carbonyl (C=O) groups excluding carboxylic acids is 1. The van der Waals surface area contributed by atoms with Crippen LogP contribution in [0.25, 0.3) is 0 Å². The van der Waals surface area contributed by atoms with Gasteiger partial charge in [0.2, 0.25) is 0 Å². The summed E-state index contributed by atoms with van der Waals surface area (Å²) < 4.78 is 46.4. The molecule has 1 aromatic rings. The number of hydrogen-bond acceptors (Lipinski definition) is 3. The lowest BCUT2D eigenvalue weighted by Crippen LogP contribution is -2.51. The van der Waals surface area contributed by atoms with Crippen molar-refractivity contribution in [1.82, 2.24) is 4.98 Å². The summed E-state index contributed by atoms with van der Waals surface area (Å²) in [5.74, 6) is -2.70. The molecule has 136 valence electrons. The van der Waals surface area contributed by atoms with Crippen molar-refractivity contribution < 1.29 is 22.7 Å². The lowest BCUT2D eigenvalue weighted by molar-refractivity contribution is -0.216. The van der Waals surface area contributed by atoms with E-state index in [1.165, 1.54) is 36.7 Å². The second-order valence-corrected chi connectivity index (χ2v) is 7.41. The van der Waals surface area contributed by atoms with E-state index in [0.29, 0.717) is 5.56 Å². The van der Waals surface area contributed by atoms with Crippen LogP contribution < -0.4 is 0 Å². The Hall–Kier alpha value is -1.82. The highest BCUT2D eigenvalue weighted by Crippen LogP contribution is 2.44. The minimum absolute atomic E-state index is 0.230. The van der Waals surface area contributed by atoms with Crippen LogP contribution in [-0.4, -0.2) is 22.7 Å². The van der Waals surface area contributed by atoms with E-state index in [4.69, 9.17) is 16.3 Å². The average Bonchev–Trinajstić information content (AvgIpc) is 2.48. The topological polar surface area (TPSA) is 39.2 Å². The molecule has 2 rings (SSSR count). The highest BCUT2D eigenvalue weighted by molar-refractivity contribution is 6.31. The molecule has 25 heavy (non-hydrogen) atoms. The van der Waals surface area contributed by atoms with Gasteiger partial charge in [0.05, 0.1) is 5.41 Å². The Labute approximate surface area is 149 Å². The summed E-state index contributed by atoms with van der Waals surface area (Å²) >= 11 is 6.09. The fraction of sp³-hybridized carbons (Fsp3) is 0.444. The first-order valence-corrected chi connectivity index (χ1v) is 8.08. The lowest BCUT2D eigenvalue weighted by Gasteiger charge is -2.40. The monoisotopic (exact) mass is 373 g/mol. The number of hydrogen-bond donors (Lipinski definition) is 0. The standard InChI is InChI=1S/C18H19ClF3NO2/c1-16(2,3)15(24)25-17(10-12-11-23-9-7-13(12)19)8-5-4-6-14(17)18(20,21)22/h4-9,11,14H,10H2,1-3H3. The zero-order valence-electron chi connectivity index (χ0n) is 14.1. The van der Waals surface area contributed by atoms with Crippen molar-refractivity contribution in [2.24, 2.45) is 11.3 Å². The van der Waals surface area contributed by atoms with Gasteiger partial charge in [-0.1, -0.05) is 29.8 Å². The maximum absolute atomic E-state index is 13.7. The zero-order chi connectivity index (χ0) is 18.9. The molecule has 0 N–H and O–H groups in total. The van der Waals surface area contributed by atoms with Gasteiger partial charge in [-0.25, -0.2) is 0 Å². The molecule has 0 fully saturated rings. The smallest absolute Gasteiger partial charge is 0.399 e. The Bertz CT molecular complexity index is 707. The lowest BCUT2D eigenvalue weighted by atomic mass is 9.78. The molecule has 0 radical (unpaired) electrons. The molecule has 1 aliphatic carbocycles. The van der Waals surface area contributed by atoms with Crippen molar-refractivity contribution in [3.8, 4) is 0 Å². The second-order valence-electron chi connectivity index (χ2n) is 7.00. The van der Waals surface area contributed by atoms with Gasteiger partial charge in [0, 0.05) is 23.8 Å². The van der Waals surface area contributed by atoms with Crippen molar-refractivity contribution in [3.63, 3.8) is 0 Å². The van der Waals surface area contributed by atoms with Gasteiger partial charge >= 0.3 is 12.1 Å². The number of pyridine rings is 1. The summed E-state index contributed by atoms with van der Waals surface area (Å²) in [6.45, 7) is 4.77. The predicted molar refractivity (Wildman–Crippen MR) is 89.1 cm³/mol. The van der Waals surface area contributed by atoms with E-state index in [0.717, 1.165) is 6.08 Å². The molecule has 1 aromatic heterocycles. The molecule has 0 saturated carbocycles. The van der Waals surface area contributed by atoms with Crippen molar-refractivity contribution in [2.75, 3.05) is 0 Å². The van der Waals surface area contributed by atoms with Crippen LogP contribution in [0.15, 0.2) is 42.8 Å². The summed E-state index contributed by atoms with van der Waals surface area (Å²) in [4.78, 5) is 16.3. The number of esters is 1. The van der Waals surface area contributed by atoms with Crippen LogP contribution >= 0.6 is 11.6 Å². The largest absolute Gasteiger partial charge is 0.453 e. The van der Waals surface area contributed by atoms with Crippen LogP contribution in [0.1, 0.15) is 26.3 Å². The van der Waals surface area contributed by atoms with Crippen molar-refractivity contribution in [2.45, 2.75) is 39.0 Å². The van der Waals surface area contributed by atoms with E-state index in [-0.39, 0.29) is 11.4 Å². The summed E-state index contributed by atoms with van der Waals surface area (Å²) in [5, 5.41) is 0.269. The molecule has 1 heterocycles. The van der Waals surface area contributed by atoms with Crippen LogP contribution in [-0.2, 0) is 16.0 Å². The minimum atomic E-state index is -4.59. The third kappa shape index (κ3) is 4.42. The first-order valence-electron chi connectivity index (χ1n) is 7.70. The molecular formula is C18H19ClF3NO2. The summed E-state index contributed by atoms with van der Waals surface area (Å²) in [6, 6.07) is 1.49. The molecule has 0 bridgehead atoms. The first kappa shape index (κ1) is 19.5. The van der Waals surface area contributed by atoms with E-state index in [1.807, 2.05) is 0 Å². The number of nitrogens with zero attached hydrogens (tertiary/aromatic N) is 1. The van der Waals surface area contributed by atoms with E-state index in [2.05, 4.69) is 4.98 Å². The fourth-order valence-electron chi connectivity index (χ4n) is 2.51. The Morgan fingerprint density at radius 1 is 1.32 bits per heavy atom. The van der Waals surface area contributed by atoms with Crippen molar-refractivity contribution in [3.05, 3.63) is 53.4 Å². The number of halogens is 4. The number of aromatic nitrogens is 1. The van der Waals surface area contributed by atoms with Crippen LogP contribution in [0.5, 0.6) is 0 Å². The molecule has 1 aliphatic rings. The molecule has 3 nitrogen and oxygen atoms in total. The second kappa shape index (κ2) is 6.83. The molecule has 2 unspecified atom stereocenters. The van der Waals surface area contributed by atoms with Gasteiger partial charge in [-0.2, -0.15) is 13.2 Å². The molecule has 0 aliphatic heterocycles. The van der Waals surface area contributed by atoms with Gasteiger partial charge in [-0.3, -0.25) is 9.78 Å². The van der Waals surface area contributed by atoms with Gasteiger partial charge in [0.1, 0.15) is 11.5 Å². The van der Waals surface area contributed by atoms with Crippen molar-refractivity contribution >= 4 is 17.6 Å². The van der Waals surface area contributed by atoms with Gasteiger partial charge < -0.3 is 4.74 Å². The van der Waals surface area contributed by atoms with Gasteiger partial charge in [0.25, 0.3) is 0 Å². The van der Waals surface area contributed by atoms with Crippen molar-refractivity contribution in [1.29, 1.82) is 0 Å². The van der Waals surface area contributed by atoms with Crippen LogP contribution in [0.4, 0.5) is 13.2 Å². The summed E-state index contributed by atoms with van der Waals surface area (Å²) in [5.41, 5.74) is -2.49. The van der Waals surface area contributed by atoms with Gasteiger partial charge in [-0.05, 0) is 38.5 Å². The fourth-order valence-corrected chi connectivity index (χ4v) is 2.68. The van der Waals surface area contributed by atoms with Crippen LogP contribution in [0, 0.1) is 11.3 Å². The first-order chi connectivity index (χ1) is 11.5. The van der Waals surface area contributed by atoms with E-state index in [1.54, 1.807) is 20.8 Å². The van der Waals surface area contributed by atoms with E-state index < -0.39 is 29.1 Å². The maximum Gasteiger partial charge on any atom is 0.399 e. The van der Waals surface area contributed by atoms with E-state index in [9.17, 15) is 18.0 Å². The summed E-state index contributed by atoms with van der Waals surface area (Å²) in [7, 11) is 0. The van der Waals surface area contributed by atoms with E-state index >= 15 is 0 Å². The third-order valence-electron chi connectivity index (χ3n) is 3.88. The molecular weight excluding hydrogens is 355 g/mol. The predicted octanol–water partition coefficient (Wildman–Crippen LogP) is 4.91. The zero-order valence-corrected chi connectivity index (χ0v) is 14.9. The number of allylic oxidation sites excluding steroid dienone is 2. The normalized spacial score (nSPS) is 23.6. The Morgan fingerprint density at radius 3 is 2.56 bits per heavy atom. The number of ether oxygens (including phenoxy) is 1. The Kier molecular flexibility index (Phi) is 5.33. The molecule has 2 atom stereocenters. The van der Waals surface area contributed by atoms with Gasteiger partial charge in [-0.15, -0.1) is 0 Å². The molecule has 0 aromatic carbocycles.